The third kappa shape index (κ3) is 6.46. The zero-order chi connectivity index (χ0) is 15.8. The first kappa shape index (κ1) is 18.0. The summed E-state index contributed by atoms with van der Waals surface area (Å²) >= 11 is 0. The average molecular weight is 298 g/mol. The molecule has 0 radical (unpaired) electrons. The van der Waals surface area contributed by atoms with Crippen molar-refractivity contribution in [3.63, 3.8) is 0 Å². The van der Waals surface area contributed by atoms with Crippen molar-refractivity contribution in [2.45, 2.75) is 52.5 Å². The number of carbonyl (C=O) groups excluding carboxylic acids is 2. The number of carbonyl (C=O) groups is 2. The van der Waals surface area contributed by atoms with Gasteiger partial charge in [-0.3, -0.25) is 9.59 Å². The maximum absolute atomic E-state index is 12.0. The number of ether oxygens (including phenoxy) is 1. The number of piperidine rings is 1. The number of amides is 1. The van der Waals surface area contributed by atoms with E-state index in [4.69, 9.17) is 4.74 Å². The third-order valence-electron chi connectivity index (χ3n) is 4.03. The fourth-order valence-electron chi connectivity index (χ4n) is 2.82. The summed E-state index contributed by atoms with van der Waals surface area (Å²) in [4.78, 5) is 25.4. The highest BCUT2D eigenvalue weighted by atomic mass is 16.5. The van der Waals surface area contributed by atoms with Gasteiger partial charge in [-0.2, -0.15) is 0 Å². The molecule has 0 aliphatic carbocycles. The van der Waals surface area contributed by atoms with Crippen molar-refractivity contribution >= 4 is 11.9 Å². The molecule has 1 amide bonds. The summed E-state index contributed by atoms with van der Waals surface area (Å²) in [5, 5.41) is 3.54. The molecule has 0 aromatic carbocycles. The van der Waals surface area contributed by atoms with Gasteiger partial charge in [0.25, 0.3) is 0 Å². The Hall–Kier alpha value is -1.10. The largest absolute Gasteiger partial charge is 0.469 e. The maximum Gasteiger partial charge on any atom is 0.305 e. The van der Waals surface area contributed by atoms with Crippen molar-refractivity contribution in [1.82, 2.24) is 10.2 Å². The van der Waals surface area contributed by atoms with Gasteiger partial charge in [-0.25, -0.2) is 0 Å². The molecular weight excluding hydrogens is 268 g/mol. The molecule has 5 heteroatoms. The zero-order valence-electron chi connectivity index (χ0n) is 13.9. The van der Waals surface area contributed by atoms with Gasteiger partial charge in [-0.15, -0.1) is 0 Å². The van der Waals surface area contributed by atoms with Crippen molar-refractivity contribution in [3.8, 4) is 0 Å². The molecule has 1 aliphatic heterocycles. The van der Waals surface area contributed by atoms with Crippen LogP contribution in [0.2, 0.25) is 0 Å². The van der Waals surface area contributed by atoms with E-state index in [1.165, 1.54) is 7.11 Å². The Morgan fingerprint density at radius 3 is 2.62 bits per heavy atom. The molecule has 5 nitrogen and oxygen atoms in total. The molecule has 1 aliphatic rings. The lowest BCUT2D eigenvalue weighted by Crippen LogP contribution is -2.51. The molecule has 0 saturated carbocycles. The van der Waals surface area contributed by atoms with E-state index in [1.54, 1.807) is 0 Å². The van der Waals surface area contributed by atoms with Crippen molar-refractivity contribution in [2.24, 2.45) is 11.8 Å². The van der Waals surface area contributed by atoms with Crippen LogP contribution in [0.25, 0.3) is 0 Å². The number of methoxy groups -OCH3 is 1. The van der Waals surface area contributed by atoms with Gasteiger partial charge in [0, 0.05) is 25.6 Å². The Bertz CT molecular complexity index is 344. The van der Waals surface area contributed by atoms with Crippen LogP contribution in [0.3, 0.4) is 0 Å². The monoisotopic (exact) mass is 298 g/mol. The van der Waals surface area contributed by atoms with Crippen molar-refractivity contribution < 1.29 is 14.3 Å². The minimum Gasteiger partial charge on any atom is -0.469 e. The van der Waals surface area contributed by atoms with Gasteiger partial charge >= 0.3 is 5.97 Å². The number of likely N-dealkylation sites (tertiary alicyclic amines) is 1. The molecule has 0 aromatic rings. The average Bonchev–Trinajstić information content (AvgIpc) is 2.45. The Labute approximate surface area is 128 Å². The number of nitrogens with zero attached hydrogens (tertiary/aromatic N) is 1. The van der Waals surface area contributed by atoms with Crippen molar-refractivity contribution in [3.05, 3.63) is 0 Å². The molecular formula is C16H30N2O3. The van der Waals surface area contributed by atoms with Gasteiger partial charge in [0.15, 0.2) is 0 Å². The molecule has 21 heavy (non-hydrogen) atoms. The predicted molar refractivity (Wildman–Crippen MR) is 82.9 cm³/mol. The first-order chi connectivity index (χ1) is 9.96. The summed E-state index contributed by atoms with van der Waals surface area (Å²) in [6, 6.07) is 0.280. The lowest BCUT2D eigenvalue weighted by molar-refractivity contribution is -0.143. The highest BCUT2D eigenvalue weighted by molar-refractivity contribution is 5.76. The Kier molecular flexibility index (Phi) is 7.72. The van der Waals surface area contributed by atoms with Gasteiger partial charge in [0.05, 0.1) is 13.5 Å². The third-order valence-corrected chi connectivity index (χ3v) is 4.03. The van der Waals surface area contributed by atoms with Gasteiger partial charge in [0.2, 0.25) is 5.91 Å². The van der Waals surface area contributed by atoms with Crippen LogP contribution in [0.4, 0.5) is 0 Å². The minimum atomic E-state index is -0.188. The molecule has 122 valence electrons. The molecule has 2 unspecified atom stereocenters. The van der Waals surface area contributed by atoms with Crippen LogP contribution in [-0.4, -0.2) is 49.6 Å². The lowest BCUT2D eigenvalue weighted by Gasteiger charge is -2.38. The first-order valence-electron chi connectivity index (χ1n) is 8.04. The Morgan fingerprint density at radius 2 is 2.05 bits per heavy atom. The molecule has 0 spiro atoms. The number of rotatable bonds is 7. The van der Waals surface area contributed by atoms with Crippen LogP contribution in [0.15, 0.2) is 0 Å². The molecule has 2 atom stereocenters. The van der Waals surface area contributed by atoms with E-state index in [0.29, 0.717) is 25.3 Å². The predicted octanol–water partition coefficient (Wildman–Crippen LogP) is 1.81. The Morgan fingerprint density at radius 1 is 1.33 bits per heavy atom. The second kappa shape index (κ2) is 9.03. The molecule has 1 heterocycles. The van der Waals surface area contributed by atoms with Crippen LogP contribution in [0, 0.1) is 11.8 Å². The second-order valence-corrected chi connectivity index (χ2v) is 6.37. The fourth-order valence-corrected chi connectivity index (χ4v) is 2.82. The molecule has 1 N–H and O–H groups in total. The van der Waals surface area contributed by atoms with Crippen LogP contribution in [0.5, 0.6) is 0 Å². The molecule has 1 saturated heterocycles. The van der Waals surface area contributed by atoms with Crippen LogP contribution in [0.1, 0.15) is 46.5 Å². The number of nitrogens with one attached hydrogen (secondary N) is 1. The van der Waals surface area contributed by atoms with Gasteiger partial charge in [-0.05, 0) is 31.2 Å². The number of hydrogen-bond acceptors (Lipinski definition) is 4. The summed E-state index contributed by atoms with van der Waals surface area (Å²) in [5.74, 6) is 0.838. The summed E-state index contributed by atoms with van der Waals surface area (Å²) in [6.07, 6.45) is 2.97. The highest BCUT2D eigenvalue weighted by Crippen LogP contribution is 2.21. The topological polar surface area (TPSA) is 58.6 Å². The number of esters is 1. The van der Waals surface area contributed by atoms with Crippen molar-refractivity contribution in [2.75, 3.05) is 26.7 Å². The van der Waals surface area contributed by atoms with E-state index < -0.39 is 0 Å². The summed E-state index contributed by atoms with van der Waals surface area (Å²) < 4.78 is 4.76. The van der Waals surface area contributed by atoms with Crippen LogP contribution >= 0.6 is 0 Å². The van der Waals surface area contributed by atoms with E-state index >= 15 is 0 Å². The normalized spacial score (nSPS) is 22.4. The minimum absolute atomic E-state index is 0.167. The quantitative estimate of drug-likeness (QED) is 0.728. The SMILES string of the molecule is CCC(=O)N1CC(CC(=O)OC)CC(NCCC(C)C)C1. The van der Waals surface area contributed by atoms with Crippen molar-refractivity contribution in [1.29, 1.82) is 0 Å². The van der Waals surface area contributed by atoms with E-state index in [-0.39, 0.29) is 23.8 Å². The molecule has 1 rings (SSSR count). The van der Waals surface area contributed by atoms with E-state index in [2.05, 4.69) is 19.2 Å². The molecule has 0 aromatic heterocycles. The smallest absolute Gasteiger partial charge is 0.305 e. The maximum atomic E-state index is 12.0. The summed E-state index contributed by atoms with van der Waals surface area (Å²) in [5.41, 5.74) is 0. The van der Waals surface area contributed by atoms with E-state index in [9.17, 15) is 9.59 Å². The zero-order valence-corrected chi connectivity index (χ0v) is 13.9. The summed E-state index contributed by atoms with van der Waals surface area (Å²) in [6.45, 7) is 8.67. The fraction of sp³-hybridized carbons (Fsp3) is 0.875. The highest BCUT2D eigenvalue weighted by Gasteiger charge is 2.30. The lowest BCUT2D eigenvalue weighted by atomic mass is 9.91. The summed E-state index contributed by atoms with van der Waals surface area (Å²) in [7, 11) is 1.42. The van der Waals surface area contributed by atoms with Crippen LogP contribution < -0.4 is 5.32 Å². The van der Waals surface area contributed by atoms with Gasteiger partial charge in [-0.1, -0.05) is 20.8 Å². The first-order valence-corrected chi connectivity index (χ1v) is 8.04. The van der Waals surface area contributed by atoms with E-state index in [1.807, 2.05) is 11.8 Å². The van der Waals surface area contributed by atoms with Crippen LogP contribution in [-0.2, 0) is 14.3 Å². The standard InChI is InChI=1S/C16H30N2O3/c1-5-15(19)18-10-13(9-16(20)21-4)8-14(11-18)17-7-6-12(2)3/h12-14,17H,5-11H2,1-4H3. The van der Waals surface area contributed by atoms with E-state index in [0.717, 1.165) is 25.9 Å². The Balaban J connectivity index is 2.56. The molecule has 1 fully saturated rings. The number of hydrogen-bond donors (Lipinski definition) is 1. The van der Waals surface area contributed by atoms with Gasteiger partial charge < -0.3 is 15.0 Å². The van der Waals surface area contributed by atoms with Gasteiger partial charge in [0.1, 0.15) is 0 Å². The second-order valence-electron chi connectivity index (χ2n) is 6.37. The molecule has 0 bridgehead atoms.